The molecule has 2 aliphatic rings. The van der Waals surface area contributed by atoms with E-state index in [2.05, 4.69) is 10.6 Å². The van der Waals surface area contributed by atoms with Crippen LogP contribution in [0.1, 0.15) is 12.8 Å². The summed E-state index contributed by atoms with van der Waals surface area (Å²) in [7, 11) is 3.29. The Bertz CT molecular complexity index is 584. The average Bonchev–Trinajstić information content (AvgIpc) is 2.78. The molecule has 23 heavy (non-hydrogen) atoms. The number of likely N-dealkylation sites (N-methyl/N-ethyl adjacent to an activating group) is 1. The maximum atomic E-state index is 13.0. The molecular weight excluding hydrogens is 294 g/mol. The molecule has 0 saturated carbocycles. The molecule has 2 heterocycles. The van der Waals surface area contributed by atoms with Gasteiger partial charge in [-0.05, 0) is 38.1 Å². The van der Waals surface area contributed by atoms with Crippen molar-refractivity contribution in [2.75, 3.05) is 32.6 Å². The SMILES string of the molecule is CO[C@H]1C(=O)N(C)C2(CCNCC2)[C@@H]1C(=O)Nc1ccccc1. The zero-order valence-electron chi connectivity index (χ0n) is 13.5. The number of methoxy groups -OCH3 is 1. The molecule has 3 rings (SSSR count). The second-order valence-corrected chi connectivity index (χ2v) is 6.24. The minimum absolute atomic E-state index is 0.109. The Labute approximate surface area is 136 Å². The molecule has 0 aliphatic carbocycles. The molecule has 6 nitrogen and oxygen atoms in total. The normalized spacial score (nSPS) is 26.5. The minimum Gasteiger partial charge on any atom is -0.371 e. The zero-order chi connectivity index (χ0) is 16.4. The lowest BCUT2D eigenvalue weighted by Crippen LogP contribution is -2.56. The molecule has 0 bridgehead atoms. The third-order valence-corrected chi connectivity index (χ3v) is 5.17. The number of ether oxygens (including phenoxy) is 1. The Morgan fingerprint density at radius 1 is 1.30 bits per heavy atom. The third-order valence-electron chi connectivity index (χ3n) is 5.17. The lowest BCUT2D eigenvalue weighted by atomic mass is 9.76. The molecule has 2 amide bonds. The number of piperidine rings is 1. The van der Waals surface area contributed by atoms with Crippen molar-refractivity contribution in [1.29, 1.82) is 0 Å². The Morgan fingerprint density at radius 3 is 2.57 bits per heavy atom. The molecule has 2 N–H and O–H groups in total. The summed E-state index contributed by atoms with van der Waals surface area (Å²) >= 11 is 0. The zero-order valence-corrected chi connectivity index (χ0v) is 13.5. The van der Waals surface area contributed by atoms with E-state index in [1.165, 1.54) is 7.11 Å². The van der Waals surface area contributed by atoms with Crippen LogP contribution >= 0.6 is 0 Å². The predicted octanol–water partition coefficient (Wildman–Crippen LogP) is 0.851. The number of para-hydroxylation sites is 1. The molecule has 1 aromatic rings. The Balaban J connectivity index is 1.91. The molecule has 1 aromatic carbocycles. The van der Waals surface area contributed by atoms with Gasteiger partial charge in [-0.3, -0.25) is 9.59 Å². The Hall–Kier alpha value is -1.92. The molecule has 2 fully saturated rings. The predicted molar refractivity (Wildman–Crippen MR) is 87.0 cm³/mol. The Kier molecular flexibility index (Phi) is 4.37. The summed E-state index contributed by atoms with van der Waals surface area (Å²) in [5.41, 5.74) is 0.264. The molecule has 6 heteroatoms. The van der Waals surface area contributed by atoms with Gasteiger partial charge in [-0.2, -0.15) is 0 Å². The lowest BCUT2D eigenvalue weighted by Gasteiger charge is -2.43. The number of amides is 2. The van der Waals surface area contributed by atoms with Gasteiger partial charge >= 0.3 is 0 Å². The van der Waals surface area contributed by atoms with Gasteiger partial charge in [0, 0.05) is 19.8 Å². The van der Waals surface area contributed by atoms with E-state index in [1.54, 1.807) is 11.9 Å². The van der Waals surface area contributed by atoms with Crippen molar-refractivity contribution in [3.05, 3.63) is 30.3 Å². The van der Waals surface area contributed by atoms with E-state index in [0.29, 0.717) is 0 Å². The van der Waals surface area contributed by atoms with Gasteiger partial charge in [0.1, 0.15) is 6.10 Å². The summed E-state index contributed by atoms with van der Waals surface area (Å²) in [6, 6.07) is 9.32. The van der Waals surface area contributed by atoms with E-state index in [-0.39, 0.29) is 11.8 Å². The lowest BCUT2D eigenvalue weighted by molar-refractivity contribution is -0.138. The summed E-state index contributed by atoms with van der Waals surface area (Å²) in [5, 5.41) is 6.25. The van der Waals surface area contributed by atoms with Crippen LogP contribution in [0, 0.1) is 5.92 Å². The summed E-state index contributed by atoms with van der Waals surface area (Å²) < 4.78 is 5.42. The highest BCUT2D eigenvalue weighted by Gasteiger charge is 2.60. The number of likely N-dealkylation sites (tertiary alicyclic amines) is 1. The summed E-state index contributed by atoms with van der Waals surface area (Å²) in [6.07, 6.45) is 0.783. The van der Waals surface area contributed by atoms with Crippen LogP contribution in [-0.4, -0.2) is 55.6 Å². The van der Waals surface area contributed by atoms with Crippen LogP contribution in [0.3, 0.4) is 0 Å². The smallest absolute Gasteiger partial charge is 0.252 e. The van der Waals surface area contributed by atoms with E-state index < -0.39 is 17.6 Å². The van der Waals surface area contributed by atoms with Crippen LogP contribution < -0.4 is 10.6 Å². The molecule has 0 aromatic heterocycles. The van der Waals surface area contributed by atoms with Crippen molar-refractivity contribution in [2.24, 2.45) is 5.92 Å². The van der Waals surface area contributed by atoms with Crippen LogP contribution in [0.15, 0.2) is 30.3 Å². The van der Waals surface area contributed by atoms with E-state index in [4.69, 9.17) is 4.74 Å². The summed E-state index contributed by atoms with van der Waals surface area (Å²) in [4.78, 5) is 27.3. The number of carbonyl (C=O) groups excluding carboxylic acids is 2. The molecule has 2 atom stereocenters. The van der Waals surface area contributed by atoms with Crippen molar-refractivity contribution < 1.29 is 14.3 Å². The van der Waals surface area contributed by atoms with Gasteiger partial charge in [-0.15, -0.1) is 0 Å². The number of nitrogens with zero attached hydrogens (tertiary/aromatic N) is 1. The van der Waals surface area contributed by atoms with Crippen molar-refractivity contribution in [1.82, 2.24) is 10.2 Å². The topological polar surface area (TPSA) is 70.7 Å². The van der Waals surface area contributed by atoms with Crippen molar-refractivity contribution in [3.63, 3.8) is 0 Å². The van der Waals surface area contributed by atoms with Crippen LogP contribution in [0.4, 0.5) is 5.69 Å². The minimum atomic E-state index is -0.721. The first kappa shape index (κ1) is 16.0. The fourth-order valence-corrected chi connectivity index (χ4v) is 3.91. The molecule has 1 spiro atoms. The first-order valence-electron chi connectivity index (χ1n) is 7.97. The van der Waals surface area contributed by atoms with Crippen LogP contribution in [0.5, 0.6) is 0 Å². The van der Waals surface area contributed by atoms with E-state index in [0.717, 1.165) is 31.6 Å². The first-order chi connectivity index (χ1) is 11.1. The van der Waals surface area contributed by atoms with Crippen molar-refractivity contribution >= 4 is 17.5 Å². The molecule has 2 saturated heterocycles. The number of hydrogen-bond acceptors (Lipinski definition) is 4. The van der Waals surface area contributed by atoms with Gasteiger partial charge in [0.05, 0.1) is 11.5 Å². The van der Waals surface area contributed by atoms with Gasteiger partial charge in [0.2, 0.25) is 5.91 Å². The number of carbonyl (C=O) groups is 2. The van der Waals surface area contributed by atoms with Crippen LogP contribution in [-0.2, 0) is 14.3 Å². The number of benzene rings is 1. The fourth-order valence-electron chi connectivity index (χ4n) is 3.91. The van der Waals surface area contributed by atoms with Gasteiger partial charge in [0.15, 0.2) is 0 Å². The molecular formula is C17H23N3O3. The number of nitrogens with one attached hydrogen (secondary N) is 2. The van der Waals surface area contributed by atoms with E-state index in [9.17, 15) is 9.59 Å². The second-order valence-electron chi connectivity index (χ2n) is 6.24. The summed E-state index contributed by atoms with van der Waals surface area (Å²) in [6.45, 7) is 1.59. The third kappa shape index (κ3) is 2.62. The van der Waals surface area contributed by atoms with E-state index in [1.807, 2.05) is 30.3 Å². The molecule has 2 aliphatic heterocycles. The van der Waals surface area contributed by atoms with Crippen molar-refractivity contribution in [3.8, 4) is 0 Å². The second kappa shape index (κ2) is 6.29. The van der Waals surface area contributed by atoms with E-state index >= 15 is 0 Å². The molecule has 0 unspecified atom stereocenters. The monoisotopic (exact) mass is 317 g/mol. The first-order valence-corrected chi connectivity index (χ1v) is 7.97. The quantitative estimate of drug-likeness (QED) is 0.867. The average molecular weight is 317 g/mol. The maximum absolute atomic E-state index is 13.0. The highest BCUT2D eigenvalue weighted by molar-refractivity contribution is 6.00. The van der Waals surface area contributed by atoms with Crippen LogP contribution in [0.2, 0.25) is 0 Å². The fraction of sp³-hybridized carbons (Fsp3) is 0.529. The van der Waals surface area contributed by atoms with Gasteiger partial charge < -0.3 is 20.3 Å². The Morgan fingerprint density at radius 2 is 1.96 bits per heavy atom. The van der Waals surface area contributed by atoms with Crippen LogP contribution in [0.25, 0.3) is 0 Å². The maximum Gasteiger partial charge on any atom is 0.252 e. The number of anilines is 1. The molecule has 0 radical (unpaired) electrons. The van der Waals surface area contributed by atoms with Gasteiger partial charge in [0.25, 0.3) is 5.91 Å². The highest BCUT2D eigenvalue weighted by atomic mass is 16.5. The largest absolute Gasteiger partial charge is 0.371 e. The van der Waals surface area contributed by atoms with Gasteiger partial charge in [-0.1, -0.05) is 18.2 Å². The highest BCUT2D eigenvalue weighted by Crippen LogP contribution is 2.43. The molecule has 124 valence electrons. The summed E-state index contributed by atoms with van der Waals surface area (Å²) in [5.74, 6) is -0.766. The number of rotatable bonds is 3. The number of hydrogen-bond donors (Lipinski definition) is 2. The van der Waals surface area contributed by atoms with Crippen molar-refractivity contribution in [2.45, 2.75) is 24.5 Å². The standard InChI is InChI=1S/C17H23N3O3/c1-20-16(22)14(23-2)13(17(20)8-10-18-11-9-17)15(21)19-12-6-4-3-5-7-12/h3-7,13-14,18H,8-11H2,1-2H3,(H,19,21)/t13-,14+/m0/s1. The van der Waals surface area contributed by atoms with Gasteiger partial charge in [-0.25, -0.2) is 0 Å².